The van der Waals surface area contributed by atoms with Crippen molar-refractivity contribution in [2.45, 2.75) is 63.3 Å². The van der Waals surface area contributed by atoms with Crippen LogP contribution < -0.4 is 31.1 Å². The lowest BCUT2D eigenvalue weighted by Crippen LogP contribution is -2.49. The van der Waals surface area contributed by atoms with Crippen LogP contribution in [0.5, 0.6) is 5.75 Å². The predicted octanol–water partition coefficient (Wildman–Crippen LogP) is 2.33. The molecule has 0 spiro atoms. The number of benzene rings is 2. The van der Waals surface area contributed by atoms with Crippen LogP contribution in [-0.2, 0) is 43.6 Å². The molecule has 2 aromatic carbocycles. The molecule has 2 heterocycles. The smallest absolute Gasteiger partial charge is 0.325 e. The van der Waals surface area contributed by atoms with E-state index in [2.05, 4.69) is 32.8 Å². The first-order valence-electron chi connectivity index (χ1n) is 16.4. The van der Waals surface area contributed by atoms with Crippen molar-refractivity contribution < 1.29 is 32.3 Å². The summed E-state index contributed by atoms with van der Waals surface area (Å²) in [6.45, 7) is 4.88. The van der Waals surface area contributed by atoms with Gasteiger partial charge in [-0.2, -0.15) is 4.72 Å². The maximum atomic E-state index is 13.5. The molecule has 4 rings (SSSR count). The summed E-state index contributed by atoms with van der Waals surface area (Å²) in [4.78, 5) is 42.0. The molecular formula is C35H46N6O7S. The molecule has 6 N–H and O–H groups in total. The van der Waals surface area contributed by atoms with Crippen molar-refractivity contribution in [1.82, 2.24) is 20.3 Å². The SMILES string of the molecule is COC(=O)[C@@H](CNC(=O)c1ccc(CCc2ccc3c(n2)NCCC3)cc1)NS(=O)(=O)c1c(C)cc(OCCCC(=O)NCCN)cc1C. The van der Waals surface area contributed by atoms with E-state index >= 15 is 0 Å². The van der Waals surface area contributed by atoms with Gasteiger partial charge in [0.05, 0.1) is 18.6 Å². The number of nitrogens with one attached hydrogen (secondary N) is 4. The Morgan fingerprint density at radius 2 is 1.76 bits per heavy atom. The minimum atomic E-state index is -4.22. The second-order valence-electron chi connectivity index (χ2n) is 11.9. The first-order chi connectivity index (χ1) is 23.5. The summed E-state index contributed by atoms with van der Waals surface area (Å²) in [5.74, 6) is -0.0205. The number of anilines is 1. The fourth-order valence-corrected chi connectivity index (χ4v) is 7.24. The van der Waals surface area contributed by atoms with Crippen molar-refractivity contribution in [3.05, 3.63) is 82.0 Å². The van der Waals surface area contributed by atoms with Gasteiger partial charge in [-0.25, -0.2) is 13.4 Å². The molecule has 13 nitrogen and oxygen atoms in total. The van der Waals surface area contributed by atoms with Crippen molar-refractivity contribution >= 4 is 33.6 Å². The number of amides is 2. The van der Waals surface area contributed by atoms with Crippen molar-refractivity contribution in [3.8, 4) is 5.75 Å². The number of sulfonamides is 1. The fraction of sp³-hybridized carbons (Fsp3) is 0.429. The summed E-state index contributed by atoms with van der Waals surface area (Å²) in [5, 5.41) is 8.69. The number of methoxy groups -OCH3 is 1. The van der Waals surface area contributed by atoms with Gasteiger partial charge in [0.15, 0.2) is 0 Å². The Labute approximate surface area is 287 Å². The van der Waals surface area contributed by atoms with Crippen LogP contribution in [0.25, 0.3) is 0 Å². The average Bonchev–Trinajstić information content (AvgIpc) is 3.09. The van der Waals surface area contributed by atoms with Gasteiger partial charge >= 0.3 is 5.97 Å². The summed E-state index contributed by atoms with van der Waals surface area (Å²) in [6, 6.07) is 13.1. The van der Waals surface area contributed by atoms with E-state index in [0.717, 1.165) is 56.4 Å². The molecule has 1 aromatic heterocycles. The lowest BCUT2D eigenvalue weighted by molar-refractivity contribution is -0.142. The summed E-state index contributed by atoms with van der Waals surface area (Å²) < 4.78 is 40.0. The van der Waals surface area contributed by atoms with Crippen LogP contribution in [0, 0.1) is 13.8 Å². The number of rotatable bonds is 17. The molecule has 0 fully saturated rings. The Hall–Kier alpha value is -4.53. The molecule has 0 saturated carbocycles. The molecule has 3 aromatic rings. The number of esters is 1. The molecule has 0 radical (unpaired) electrons. The second-order valence-corrected chi connectivity index (χ2v) is 13.6. The Morgan fingerprint density at radius 1 is 1.02 bits per heavy atom. The zero-order valence-corrected chi connectivity index (χ0v) is 29.1. The van der Waals surface area contributed by atoms with Gasteiger partial charge in [-0.1, -0.05) is 18.2 Å². The first kappa shape index (κ1) is 37.3. The van der Waals surface area contributed by atoms with E-state index in [1.807, 2.05) is 12.1 Å². The molecule has 1 atom stereocenters. The normalized spacial score (nSPS) is 13.1. The van der Waals surface area contributed by atoms with Gasteiger partial charge in [-0.05, 0) is 98.5 Å². The van der Waals surface area contributed by atoms with Crippen molar-refractivity contribution in [2.75, 3.05) is 45.2 Å². The Bertz CT molecular complexity index is 1710. The Kier molecular flexibility index (Phi) is 13.5. The number of pyridine rings is 1. The van der Waals surface area contributed by atoms with Gasteiger partial charge in [0.25, 0.3) is 5.91 Å². The topological polar surface area (TPSA) is 191 Å². The maximum absolute atomic E-state index is 13.5. The molecule has 0 bridgehead atoms. The van der Waals surface area contributed by atoms with Crippen LogP contribution in [0.3, 0.4) is 0 Å². The highest BCUT2D eigenvalue weighted by Crippen LogP contribution is 2.26. The van der Waals surface area contributed by atoms with Crippen LogP contribution in [0.15, 0.2) is 53.4 Å². The third-order valence-corrected chi connectivity index (χ3v) is 9.85. The molecule has 1 aliphatic heterocycles. The summed E-state index contributed by atoms with van der Waals surface area (Å²) in [7, 11) is -3.08. The molecule has 49 heavy (non-hydrogen) atoms. The van der Waals surface area contributed by atoms with E-state index in [-0.39, 0.29) is 30.4 Å². The van der Waals surface area contributed by atoms with Crippen molar-refractivity contribution in [1.29, 1.82) is 0 Å². The van der Waals surface area contributed by atoms with E-state index in [1.165, 1.54) is 5.56 Å². The molecule has 0 aliphatic carbocycles. The van der Waals surface area contributed by atoms with E-state index in [0.29, 0.717) is 42.0 Å². The zero-order valence-electron chi connectivity index (χ0n) is 28.3. The minimum absolute atomic E-state index is 0.0151. The van der Waals surface area contributed by atoms with Crippen LogP contribution in [0.2, 0.25) is 0 Å². The van der Waals surface area contributed by atoms with Crippen molar-refractivity contribution in [2.24, 2.45) is 5.73 Å². The summed E-state index contributed by atoms with van der Waals surface area (Å²) in [5.41, 5.74) is 9.83. The van der Waals surface area contributed by atoms with Gasteiger partial charge in [-0.3, -0.25) is 14.4 Å². The van der Waals surface area contributed by atoms with Gasteiger partial charge in [0.2, 0.25) is 15.9 Å². The lowest BCUT2D eigenvalue weighted by Gasteiger charge is -2.20. The number of nitrogens with two attached hydrogens (primary N) is 1. The molecule has 0 saturated heterocycles. The van der Waals surface area contributed by atoms with E-state index in [9.17, 15) is 22.8 Å². The van der Waals surface area contributed by atoms with Gasteiger partial charge in [0, 0.05) is 43.9 Å². The monoisotopic (exact) mass is 694 g/mol. The highest BCUT2D eigenvalue weighted by Gasteiger charge is 2.29. The highest BCUT2D eigenvalue weighted by molar-refractivity contribution is 7.89. The largest absolute Gasteiger partial charge is 0.494 e. The third-order valence-electron chi connectivity index (χ3n) is 8.07. The number of aromatic nitrogens is 1. The highest BCUT2D eigenvalue weighted by atomic mass is 32.2. The minimum Gasteiger partial charge on any atom is -0.494 e. The molecule has 1 aliphatic rings. The number of ether oxygens (including phenoxy) is 2. The molecule has 2 amide bonds. The van der Waals surface area contributed by atoms with Crippen LogP contribution >= 0.6 is 0 Å². The number of aryl methyl sites for hydroxylation is 5. The number of hydrogen-bond acceptors (Lipinski definition) is 10. The summed E-state index contributed by atoms with van der Waals surface area (Å²) in [6.07, 6.45) is 4.40. The van der Waals surface area contributed by atoms with Gasteiger partial charge in [-0.15, -0.1) is 0 Å². The number of nitrogens with zero attached hydrogens (tertiary/aromatic N) is 1. The third kappa shape index (κ3) is 10.7. The number of hydrogen-bond donors (Lipinski definition) is 5. The molecule has 0 unspecified atom stereocenters. The van der Waals surface area contributed by atoms with Crippen LogP contribution in [-0.4, -0.2) is 77.1 Å². The Balaban J connectivity index is 1.32. The lowest BCUT2D eigenvalue weighted by atomic mass is 10.0. The van der Waals surface area contributed by atoms with Gasteiger partial charge in [0.1, 0.15) is 17.6 Å². The average molecular weight is 695 g/mol. The number of fused-ring (bicyclic) bond motifs is 1. The van der Waals surface area contributed by atoms with E-state index in [4.69, 9.17) is 20.2 Å². The first-order valence-corrected chi connectivity index (χ1v) is 17.9. The fourth-order valence-electron chi connectivity index (χ4n) is 5.60. The molecule has 264 valence electrons. The van der Waals surface area contributed by atoms with Gasteiger partial charge < -0.3 is 31.2 Å². The van der Waals surface area contributed by atoms with E-state index in [1.54, 1.807) is 38.1 Å². The number of carbonyl (C=O) groups is 3. The molecular weight excluding hydrogens is 648 g/mol. The Morgan fingerprint density at radius 3 is 2.45 bits per heavy atom. The predicted molar refractivity (Wildman–Crippen MR) is 186 cm³/mol. The second kappa shape index (κ2) is 17.7. The number of carbonyl (C=O) groups excluding carboxylic acids is 3. The maximum Gasteiger partial charge on any atom is 0.325 e. The van der Waals surface area contributed by atoms with Crippen molar-refractivity contribution in [3.63, 3.8) is 0 Å². The standard InChI is InChI=1S/C35H46N6O7S/c1-23-20-29(48-19-5-7-31(42)37-18-16-36)21-24(2)32(23)49(45,46)41-30(35(44)47-3)22-39-34(43)27-11-8-25(9-12-27)10-14-28-15-13-26-6-4-17-38-33(26)40-28/h8-9,11-13,15,20-21,30,41H,4-7,10,14,16-19,22,36H2,1-3H3,(H,37,42)(H,38,40)(H,39,43)/t30-/m1/s1. The quantitative estimate of drug-likeness (QED) is 0.104. The zero-order chi connectivity index (χ0) is 35.4. The van der Waals surface area contributed by atoms with Crippen LogP contribution in [0.4, 0.5) is 5.82 Å². The van der Waals surface area contributed by atoms with E-state index < -0.39 is 27.9 Å². The van der Waals surface area contributed by atoms with Crippen LogP contribution in [0.1, 0.15) is 57.6 Å². The summed E-state index contributed by atoms with van der Waals surface area (Å²) >= 11 is 0. The molecule has 14 heteroatoms.